The summed E-state index contributed by atoms with van der Waals surface area (Å²) in [7, 11) is 0. The lowest BCUT2D eigenvalue weighted by molar-refractivity contribution is 0.262. The third-order valence-corrected chi connectivity index (χ3v) is 3.73. The van der Waals surface area contributed by atoms with Crippen LogP contribution in [0.2, 0.25) is 0 Å². The first-order valence-corrected chi connectivity index (χ1v) is 8.37. The van der Waals surface area contributed by atoms with E-state index >= 15 is 0 Å². The highest BCUT2D eigenvalue weighted by Crippen LogP contribution is 2.21. The van der Waals surface area contributed by atoms with Crippen molar-refractivity contribution in [3.05, 3.63) is 71.9 Å². The number of nitrogens with zero attached hydrogens (tertiary/aromatic N) is 2. The van der Waals surface area contributed by atoms with Gasteiger partial charge in [0.15, 0.2) is 0 Å². The number of amides is 2. The third kappa shape index (κ3) is 4.80. The molecule has 6 heteroatoms. The topological polar surface area (TPSA) is 76.1 Å². The summed E-state index contributed by atoms with van der Waals surface area (Å²) in [5, 5.41) is 13.5. The van der Waals surface area contributed by atoms with Crippen LogP contribution in [0, 0.1) is 6.92 Å². The number of nitrogens with one attached hydrogen (secondary N) is 2. The first-order valence-electron chi connectivity index (χ1n) is 8.37. The average molecular weight is 348 g/mol. The number of urea groups is 1. The zero-order valence-electron chi connectivity index (χ0n) is 14.7. The Bertz CT molecular complexity index is 860. The predicted octanol–water partition coefficient (Wildman–Crippen LogP) is 4.78. The summed E-state index contributed by atoms with van der Waals surface area (Å²) in [5.41, 5.74) is 3.46. The number of benzene rings is 2. The molecule has 26 heavy (non-hydrogen) atoms. The number of carbonyl (C=O) groups is 1. The molecular formula is C20H20N4O2. The quantitative estimate of drug-likeness (QED) is 0.695. The number of anilines is 2. The Morgan fingerprint density at radius 1 is 0.885 bits per heavy atom. The third-order valence-electron chi connectivity index (χ3n) is 3.73. The van der Waals surface area contributed by atoms with Gasteiger partial charge in [-0.25, -0.2) is 4.79 Å². The molecule has 0 spiro atoms. The molecule has 0 aliphatic carbocycles. The predicted molar refractivity (Wildman–Crippen MR) is 102 cm³/mol. The van der Waals surface area contributed by atoms with Crippen molar-refractivity contribution in [1.29, 1.82) is 0 Å². The van der Waals surface area contributed by atoms with E-state index in [0.29, 0.717) is 17.3 Å². The number of rotatable bonds is 5. The van der Waals surface area contributed by atoms with Gasteiger partial charge < -0.3 is 15.4 Å². The van der Waals surface area contributed by atoms with Crippen LogP contribution in [-0.2, 0) is 6.42 Å². The molecule has 1 aromatic heterocycles. The molecule has 0 aliphatic heterocycles. The lowest BCUT2D eigenvalue weighted by Crippen LogP contribution is -2.19. The molecule has 0 saturated carbocycles. The zero-order chi connectivity index (χ0) is 18.4. The summed E-state index contributed by atoms with van der Waals surface area (Å²) >= 11 is 0. The molecule has 0 unspecified atom stereocenters. The minimum Gasteiger partial charge on any atom is -0.438 e. The molecule has 0 fully saturated rings. The molecule has 3 rings (SSSR count). The highest BCUT2D eigenvalue weighted by atomic mass is 16.5. The standard InChI is InChI=1S/C20H20N4O2/c1-3-15-5-7-16(8-6-15)21-20(25)22-17-9-11-18(12-10-17)26-19-13-4-14(2)23-24-19/h4-13H,3H2,1-2H3,(H2,21,22,25). The van der Waals surface area contributed by atoms with E-state index in [0.717, 1.165) is 17.8 Å². The average Bonchev–Trinajstić information content (AvgIpc) is 2.66. The first-order chi connectivity index (χ1) is 12.6. The molecule has 0 saturated heterocycles. The SMILES string of the molecule is CCc1ccc(NC(=O)Nc2ccc(Oc3ccc(C)nn3)cc2)cc1. The molecule has 0 aliphatic rings. The van der Waals surface area contributed by atoms with E-state index < -0.39 is 0 Å². The molecule has 2 N–H and O–H groups in total. The summed E-state index contributed by atoms with van der Waals surface area (Å²) in [4.78, 5) is 12.1. The Hall–Kier alpha value is -3.41. The molecule has 2 aromatic carbocycles. The van der Waals surface area contributed by atoms with E-state index in [1.165, 1.54) is 5.56 Å². The van der Waals surface area contributed by atoms with Gasteiger partial charge in [0.05, 0.1) is 5.69 Å². The fraction of sp³-hybridized carbons (Fsp3) is 0.150. The van der Waals surface area contributed by atoms with Gasteiger partial charge in [0.2, 0.25) is 5.88 Å². The van der Waals surface area contributed by atoms with Crippen molar-refractivity contribution in [2.75, 3.05) is 10.6 Å². The second kappa shape index (κ2) is 8.11. The lowest BCUT2D eigenvalue weighted by atomic mass is 10.1. The fourth-order valence-corrected chi connectivity index (χ4v) is 2.29. The van der Waals surface area contributed by atoms with Gasteiger partial charge in [0, 0.05) is 17.4 Å². The summed E-state index contributed by atoms with van der Waals surface area (Å²) in [6, 6.07) is 18.1. The Labute approximate surface area is 152 Å². The second-order valence-corrected chi connectivity index (χ2v) is 5.77. The molecule has 1 heterocycles. The Kier molecular flexibility index (Phi) is 5.43. The van der Waals surface area contributed by atoms with Crippen LogP contribution < -0.4 is 15.4 Å². The maximum Gasteiger partial charge on any atom is 0.323 e. The largest absolute Gasteiger partial charge is 0.438 e. The number of aromatic nitrogens is 2. The van der Waals surface area contributed by atoms with Crippen LogP contribution in [0.3, 0.4) is 0 Å². The van der Waals surface area contributed by atoms with Crippen LogP contribution in [0.4, 0.5) is 16.2 Å². The van der Waals surface area contributed by atoms with Crippen molar-refractivity contribution >= 4 is 17.4 Å². The molecule has 6 nitrogen and oxygen atoms in total. The molecule has 0 bridgehead atoms. The zero-order valence-corrected chi connectivity index (χ0v) is 14.7. The normalized spacial score (nSPS) is 10.2. The van der Waals surface area contributed by atoms with Crippen LogP contribution >= 0.6 is 0 Å². The van der Waals surface area contributed by atoms with Gasteiger partial charge in [-0.1, -0.05) is 19.1 Å². The first kappa shape index (κ1) is 17.4. The van der Waals surface area contributed by atoms with Gasteiger partial charge in [-0.2, -0.15) is 5.10 Å². The number of carbonyl (C=O) groups excluding carboxylic acids is 1. The van der Waals surface area contributed by atoms with Crippen molar-refractivity contribution in [3.8, 4) is 11.6 Å². The van der Waals surface area contributed by atoms with Gasteiger partial charge in [0.25, 0.3) is 0 Å². The van der Waals surface area contributed by atoms with E-state index in [9.17, 15) is 4.79 Å². The van der Waals surface area contributed by atoms with Gasteiger partial charge >= 0.3 is 6.03 Å². The maximum atomic E-state index is 12.1. The van der Waals surface area contributed by atoms with Crippen molar-refractivity contribution in [1.82, 2.24) is 10.2 Å². The summed E-state index contributed by atoms with van der Waals surface area (Å²) in [5.74, 6) is 1.04. The van der Waals surface area contributed by atoms with Gasteiger partial charge in [0.1, 0.15) is 5.75 Å². The van der Waals surface area contributed by atoms with E-state index in [2.05, 4.69) is 27.8 Å². The maximum absolute atomic E-state index is 12.1. The van der Waals surface area contributed by atoms with Gasteiger partial charge in [-0.05, 0) is 61.4 Å². The van der Waals surface area contributed by atoms with Crippen molar-refractivity contribution in [2.24, 2.45) is 0 Å². The Balaban J connectivity index is 1.56. The van der Waals surface area contributed by atoms with Gasteiger partial charge in [-0.15, -0.1) is 5.10 Å². The van der Waals surface area contributed by atoms with Crippen LogP contribution in [-0.4, -0.2) is 16.2 Å². The Morgan fingerprint density at radius 3 is 2.04 bits per heavy atom. The van der Waals surface area contributed by atoms with E-state index in [1.807, 2.05) is 37.3 Å². The van der Waals surface area contributed by atoms with Crippen molar-refractivity contribution in [2.45, 2.75) is 20.3 Å². The van der Waals surface area contributed by atoms with Crippen molar-refractivity contribution in [3.63, 3.8) is 0 Å². The van der Waals surface area contributed by atoms with Crippen LogP contribution in [0.25, 0.3) is 0 Å². The minimum absolute atomic E-state index is 0.299. The van der Waals surface area contributed by atoms with Crippen LogP contribution in [0.15, 0.2) is 60.7 Å². The number of hydrogen-bond donors (Lipinski definition) is 2. The minimum atomic E-state index is -0.299. The molecule has 132 valence electrons. The number of aryl methyl sites for hydroxylation is 2. The number of hydrogen-bond acceptors (Lipinski definition) is 4. The number of ether oxygens (including phenoxy) is 1. The van der Waals surface area contributed by atoms with E-state index in [1.54, 1.807) is 30.3 Å². The molecule has 0 atom stereocenters. The van der Waals surface area contributed by atoms with Crippen molar-refractivity contribution < 1.29 is 9.53 Å². The van der Waals surface area contributed by atoms with Gasteiger partial charge in [-0.3, -0.25) is 0 Å². The molecule has 0 radical (unpaired) electrons. The summed E-state index contributed by atoms with van der Waals surface area (Å²) in [6.07, 6.45) is 0.967. The summed E-state index contributed by atoms with van der Waals surface area (Å²) < 4.78 is 5.61. The second-order valence-electron chi connectivity index (χ2n) is 5.77. The Morgan fingerprint density at radius 2 is 1.50 bits per heavy atom. The van der Waals surface area contributed by atoms with Crippen LogP contribution in [0.1, 0.15) is 18.2 Å². The van der Waals surface area contributed by atoms with E-state index in [-0.39, 0.29) is 6.03 Å². The van der Waals surface area contributed by atoms with E-state index in [4.69, 9.17) is 4.74 Å². The highest BCUT2D eigenvalue weighted by molar-refractivity contribution is 5.99. The highest BCUT2D eigenvalue weighted by Gasteiger charge is 2.04. The fourth-order valence-electron chi connectivity index (χ4n) is 2.29. The smallest absolute Gasteiger partial charge is 0.323 e. The molecular weight excluding hydrogens is 328 g/mol. The van der Waals surface area contributed by atoms with Crippen LogP contribution in [0.5, 0.6) is 11.6 Å². The monoisotopic (exact) mass is 348 g/mol. The molecule has 3 aromatic rings. The lowest BCUT2D eigenvalue weighted by Gasteiger charge is -2.09. The summed E-state index contributed by atoms with van der Waals surface area (Å²) in [6.45, 7) is 3.95. The molecule has 2 amide bonds.